The van der Waals surface area contributed by atoms with Crippen molar-refractivity contribution < 1.29 is 0 Å². The molecule has 106 valence electrons. The summed E-state index contributed by atoms with van der Waals surface area (Å²) in [5, 5.41) is 8.34. The van der Waals surface area contributed by atoms with Gasteiger partial charge in [-0.05, 0) is 52.2 Å². The van der Waals surface area contributed by atoms with Crippen molar-refractivity contribution >= 4 is 0 Å². The first-order valence-corrected chi connectivity index (χ1v) is 7.42. The Morgan fingerprint density at radius 1 is 1.20 bits per heavy atom. The average molecular weight is 269 g/mol. The maximum Gasteiger partial charge on any atom is 0.0678 e. The van der Waals surface area contributed by atoms with Crippen LogP contribution in [0.3, 0.4) is 0 Å². The van der Waals surface area contributed by atoms with Gasteiger partial charge in [-0.15, -0.1) is 0 Å². The molecule has 0 amide bonds. The van der Waals surface area contributed by atoms with Gasteiger partial charge in [-0.1, -0.05) is 17.7 Å². The second kappa shape index (κ2) is 5.06. The van der Waals surface area contributed by atoms with Crippen LogP contribution in [-0.2, 0) is 6.54 Å². The smallest absolute Gasteiger partial charge is 0.0678 e. The molecule has 3 heteroatoms. The quantitative estimate of drug-likeness (QED) is 0.922. The van der Waals surface area contributed by atoms with Crippen molar-refractivity contribution in [2.24, 2.45) is 0 Å². The molecular formula is C17H23N3. The van der Waals surface area contributed by atoms with Gasteiger partial charge in [0.25, 0.3) is 0 Å². The minimum atomic E-state index is 0.735. The zero-order chi connectivity index (χ0) is 14.3. The van der Waals surface area contributed by atoms with E-state index in [1.807, 2.05) is 0 Å². The van der Waals surface area contributed by atoms with E-state index < -0.39 is 0 Å². The molecule has 1 N–H and O–H groups in total. The number of aryl methyl sites for hydroxylation is 3. The van der Waals surface area contributed by atoms with Crippen LogP contribution in [0.5, 0.6) is 0 Å². The van der Waals surface area contributed by atoms with Crippen LogP contribution < -0.4 is 5.32 Å². The fourth-order valence-electron chi connectivity index (χ4n) is 2.74. The van der Waals surface area contributed by atoms with Crippen molar-refractivity contribution in [1.29, 1.82) is 0 Å². The lowest BCUT2D eigenvalue weighted by molar-refractivity contribution is 0.682. The van der Waals surface area contributed by atoms with Gasteiger partial charge in [0.15, 0.2) is 0 Å². The number of nitrogens with zero attached hydrogens (tertiary/aromatic N) is 2. The Morgan fingerprint density at radius 2 is 1.95 bits per heavy atom. The van der Waals surface area contributed by atoms with Gasteiger partial charge in [0.2, 0.25) is 0 Å². The minimum Gasteiger partial charge on any atom is -0.310 e. The second-order valence-electron chi connectivity index (χ2n) is 6.01. The summed E-state index contributed by atoms with van der Waals surface area (Å²) in [7, 11) is 0. The summed E-state index contributed by atoms with van der Waals surface area (Å²) in [6.07, 6.45) is 2.65. The van der Waals surface area contributed by atoms with Crippen LogP contribution in [0.1, 0.15) is 40.9 Å². The van der Waals surface area contributed by atoms with Crippen LogP contribution in [0.25, 0.3) is 5.69 Å². The van der Waals surface area contributed by atoms with Crippen molar-refractivity contribution in [1.82, 2.24) is 15.1 Å². The summed E-state index contributed by atoms with van der Waals surface area (Å²) in [4.78, 5) is 0. The van der Waals surface area contributed by atoms with E-state index in [0.717, 1.165) is 18.3 Å². The molecule has 1 saturated carbocycles. The van der Waals surface area contributed by atoms with E-state index >= 15 is 0 Å². The van der Waals surface area contributed by atoms with E-state index in [1.165, 1.54) is 40.9 Å². The molecule has 0 saturated heterocycles. The summed E-state index contributed by atoms with van der Waals surface area (Å²) < 4.78 is 2.09. The molecule has 1 aromatic carbocycles. The molecule has 2 aromatic rings. The van der Waals surface area contributed by atoms with Crippen molar-refractivity contribution in [2.45, 2.75) is 53.1 Å². The largest absolute Gasteiger partial charge is 0.310 e. The van der Waals surface area contributed by atoms with Gasteiger partial charge in [-0.2, -0.15) is 5.10 Å². The standard InChI is InChI=1S/C17H23N3/c1-11-5-8-17(12(2)9-11)20-14(4)16(13(3)19-20)10-18-15-6-7-15/h5,8-9,15,18H,6-7,10H2,1-4H3. The van der Waals surface area contributed by atoms with Crippen molar-refractivity contribution in [2.75, 3.05) is 0 Å². The van der Waals surface area contributed by atoms with E-state index in [0.29, 0.717) is 0 Å². The van der Waals surface area contributed by atoms with Gasteiger partial charge in [-0.3, -0.25) is 0 Å². The zero-order valence-electron chi connectivity index (χ0n) is 12.8. The molecular weight excluding hydrogens is 246 g/mol. The first-order chi connectivity index (χ1) is 9.56. The Bertz CT molecular complexity index is 636. The monoisotopic (exact) mass is 269 g/mol. The third-order valence-corrected chi connectivity index (χ3v) is 4.17. The molecule has 1 aromatic heterocycles. The number of hydrogen-bond acceptors (Lipinski definition) is 2. The summed E-state index contributed by atoms with van der Waals surface area (Å²) in [6, 6.07) is 7.27. The molecule has 3 nitrogen and oxygen atoms in total. The molecule has 0 atom stereocenters. The number of nitrogens with one attached hydrogen (secondary N) is 1. The number of benzene rings is 1. The first kappa shape index (κ1) is 13.4. The maximum absolute atomic E-state index is 4.75. The first-order valence-electron chi connectivity index (χ1n) is 7.42. The third kappa shape index (κ3) is 2.50. The van der Waals surface area contributed by atoms with Gasteiger partial charge in [-0.25, -0.2) is 4.68 Å². The normalized spacial score (nSPS) is 14.8. The topological polar surface area (TPSA) is 29.9 Å². The highest BCUT2D eigenvalue weighted by Crippen LogP contribution is 2.23. The summed E-state index contributed by atoms with van der Waals surface area (Å²) in [5.74, 6) is 0. The molecule has 0 radical (unpaired) electrons. The van der Waals surface area contributed by atoms with Gasteiger partial charge >= 0.3 is 0 Å². The predicted molar refractivity (Wildman–Crippen MR) is 82.4 cm³/mol. The van der Waals surface area contributed by atoms with Crippen LogP contribution in [-0.4, -0.2) is 15.8 Å². The van der Waals surface area contributed by atoms with Crippen LogP contribution in [0.15, 0.2) is 18.2 Å². The minimum absolute atomic E-state index is 0.735. The van der Waals surface area contributed by atoms with Gasteiger partial charge in [0.1, 0.15) is 0 Å². The van der Waals surface area contributed by atoms with E-state index in [1.54, 1.807) is 0 Å². The summed E-state index contributed by atoms with van der Waals surface area (Å²) in [6.45, 7) is 9.50. The summed E-state index contributed by atoms with van der Waals surface area (Å²) in [5.41, 5.74) is 7.49. The van der Waals surface area contributed by atoms with Crippen molar-refractivity contribution in [3.8, 4) is 5.69 Å². The average Bonchev–Trinajstić information content (AvgIpc) is 3.16. The number of hydrogen-bond donors (Lipinski definition) is 1. The number of aromatic nitrogens is 2. The Hall–Kier alpha value is -1.61. The Labute approximate surface area is 121 Å². The molecule has 1 fully saturated rings. The lowest BCUT2D eigenvalue weighted by Gasteiger charge is -2.10. The predicted octanol–water partition coefficient (Wildman–Crippen LogP) is 3.36. The van der Waals surface area contributed by atoms with E-state index in [4.69, 9.17) is 5.10 Å². The van der Waals surface area contributed by atoms with E-state index in [-0.39, 0.29) is 0 Å². The molecule has 0 aliphatic heterocycles. The zero-order valence-corrected chi connectivity index (χ0v) is 12.8. The second-order valence-corrected chi connectivity index (χ2v) is 6.01. The Kier molecular flexibility index (Phi) is 3.38. The molecule has 1 aliphatic rings. The molecule has 0 spiro atoms. The summed E-state index contributed by atoms with van der Waals surface area (Å²) >= 11 is 0. The van der Waals surface area contributed by atoms with Crippen molar-refractivity contribution in [3.63, 3.8) is 0 Å². The number of rotatable bonds is 4. The highest BCUT2D eigenvalue weighted by atomic mass is 15.3. The lowest BCUT2D eigenvalue weighted by atomic mass is 10.1. The SMILES string of the molecule is Cc1ccc(-n2nc(C)c(CNC3CC3)c2C)c(C)c1. The molecule has 0 bridgehead atoms. The maximum atomic E-state index is 4.75. The van der Waals surface area contributed by atoms with Crippen LogP contribution >= 0.6 is 0 Å². The molecule has 1 aliphatic carbocycles. The molecule has 0 unspecified atom stereocenters. The van der Waals surface area contributed by atoms with Gasteiger partial charge in [0.05, 0.1) is 11.4 Å². The lowest BCUT2D eigenvalue weighted by Crippen LogP contribution is -2.16. The van der Waals surface area contributed by atoms with Crippen LogP contribution in [0.2, 0.25) is 0 Å². The Morgan fingerprint density at radius 3 is 2.60 bits per heavy atom. The van der Waals surface area contributed by atoms with Gasteiger partial charge in [0, 0.05) is 23.8 Å². The Balaban J connectivity index is 1.94. The van der Waals surface area contributed by atoms with Crippen LogP contribution in [0, 0.1) is 27.7 Å². The highest BCUT2D eigenvalue weighted by molar-refractivity contribution is 5.44. The molecule has 3 rings (SSSR count). The van der Waals surface area contributed by atoms with Gasteiger partial charge < -0.3 is 5.32 Å². The fourth-order valence-corrected chi connectivity index (χ4v) is 2.74. The van der Waals surface area contributed by atoms with Crippen molar-refractivity contribution in [3.05, 3.63) is 46.3 Å². The third-order valence-electron chi connectivity index (χ3n) is 4.17. The highest BCUT2D eigenvalue weighted by Gasteiger charge is 2.22. The van der Waals surface area contributed by atoms with Crippen LogP contribution in [0.4, 0.5) is 0 Å². The molecule has 1 heterocycles. The van der Waals surface area contributed by atoms with E-state index in [2.05, 4.69) is 55.9 Å². The fraction of sp³-hybridized carbons (Fsp3) is 0.471. The molecule has 20 heavy (non-hydrogen) atoms. The van der Waals surface area contributed by atoms with E-state index in [9.17, 15) is 0 Å².